The predicted octanol–water partition coefficient (Wildman–Crippen LogP) is 4.60. The molecule has 2 aromatic rings. The van der Waals surface area contributed by atoms with Crippen molar-refractivity contribution in [1.82, 2.24) is 19.1 Å². The Morgan fingerprint density at radius 3 is 2.70 bits per heavy atom. The largest absolute Gasteiger partial charge is 0.342 e. The lowest BCUT2D eigenvalue weighted by molar-refractivity contribution is -0.148. The number of carbonyl (C=O) groups is 1. The molecule has 2 saturated carbocycles. The van der Waals surface area contributed by atoms with Gasteiger partial charge < -0.3 is 4.90 Å². The smallest absolute Gasteiger partial charge is 0.277 e. The van der Waals surface area contributed by atoms with E-state index in [0.29, 0.717) is 24.5 Å². The molecular formula is C26H37FN4O2. The Labute approximate surface area is 195 Å². The van der Waals surface area contributed by atoms with Gasteiger partial charge in [-0.1, -0.05) is 51.9 Å². The third kappa shape index (κ3) is 4.12. The van der Waals surface area contributed by atoms with E-state index in [1.54, 1.807) is 18.3 Å². The van der Waals surface area contributed by atoms with Crippen molar-refractivity contribution in [3.63, 3.8) is 0 Å². The van der Waals surface area contributed by atoms with Crippen LogP contribution in [-0.4, -0.2) is 43.7 Å². The number of alkyl halides is 1. The van der Waals surface area contributed by atoms with Gasteiger partial charge in [0, 0.05) is 37.0 Å². The molecule has 1 saturated heterocycles. The molecule has 0 unspecified atom stereocenters. The molecular weight excluding hydrogens is 419 g/mol. The maximum Gasteiger partial charge on any atom is 0.277 e. The molecule has 6 nitrogen and oxygen atoms in total. The summed E-state index contributed by atoms with van der Waals surface area (Å²) in [6.45, 7) is 2.99. The SMILES string of the molecule is C[C@H](CC1CCCCC1)C(=O)N1CC[C@@](F)(Cn2cnn3cccc3c2=O)C2(CCCC2)C1. The van der Waals surface area contributed by atoms with Crippen LogP contribution in [0.3, 0.4) is 0 Å². The molecule has 2 aliphatic carbocycles. The minimum Gasteiger partial charge on any atom is -0.342 e. The molecule has 0 radical (unpaired) electrons. The van der Waals surface area contributed by atoms with Gasteiger partial charge in [-0.3, -0.25) is 14.2 Å². The van der Waals surface area contributed by atoms with Crippen LogP contribution in [0.5, 0.6) is 0 Å². The summed E-state index contributed by atoms with van der Waals surface area (Å²) >= 11 is 0. The molecule has 3 aliphatic rings. The second-order valence-corrected chi connectivity index (χ2v) is 11.0. The van der Waals surface area contributed by atoms with Crippen LogP contribution < -0.4 is 5.56 Å². The Morgan fingerprint density at radius 1 is 1.18 bits per heavy atom. The number of hydrogen-bond donors (Lipinski definition) is 0. The molecule has 2 atom stereocenters. The second-order valence-electron chi connectivity index (χ2n) is 11.0. The Hall–Kier alpha value is -2.18. The zero-order valence-electron chi connectivity index (χ0n) is 19.8. The molecule has 3 fully saturated rings. The number of hydrogen-bond acceptors (Lipinski definition) is 3. The molecule has 3 heterocycles. The van der Waals surface area contributed by atoms with Crippen LogP contribution in [0, 0.1) is 17.3 Å². The number of halogens is 1. The molecule has 1 aliphatic heterocycles. The average molecular weight is 457 g/mol. The number of aromatic nitrogens is 3. The first-order chi connectivity index (χ1) is 15.9. The van der Waals surface area contributed by atoms with E-state index in [2.05, 4.69) is 12.0 Å². The van der Waals surface area contributed by atoms with E-state index < -0.39 is 11.1 Å². The standard InChI is InChI=1S/C26H37FN4O2/c1-20(16-21-8-3-2-4-9-21)23(32)29-15-13-26(27,25(17-29)11-5-6-12-25)18-30-19-28-31-14-7-10-22(31)24(30)33/h7,10,14,19-21H,2-6,8-9,11-13,15-18H2,1H3/t20-,26-/m1/s1. The summed E-state index contributed by atoms with van der Waals surface area (Å²) < 4.78 is 19.8. The van der Waals surface area contributed by atoms with Crippen LogP contribution in [0.15, 0.2) is 29.5 Å². The summed E-state index contributed by atoms with van der Waals surface area (Å²) in [5, 5.41) is 4.28. The van der Waals surface area contributed by atoms with Gasteiger partial charge in [-0.25, -0.2) is 8.91 Å². The van der Waals surface area contributed by atoms with E-state index in [-0.39, 0.29) is 30.3 Å². The van der Waals surface area contributed by atoms with Crippen molar-refractivity contribution in [2.45, 2.75) is 89.8 Å². The zero-order valence-corrected chi connectivity index (χ0v) is 19.8. The van der Waals surface area contributed by atoms with Gasteiger partial charge in [0.05, 0.1) is 6.54 Å². The van der Waals surface area contributed by atoms with E-state index >= 15 is 4.39 Å². The molecule has 1 spiro atoms. The van der Waals surface area contributed by atoms with Crippen molar-refractivity contribution in [1.29, 1.82) is 0 Å². The van der Waals surface area contributed by atoms with Crippen LogP contribution in [0.2, 0.25) is 0 Å². The minimum atomic E-state index is -1.51. The third-order valence-corrected chi connectivity index (χ3v) is 8.87. The maximum atomic E-state index is 16.8. The Bertz CT molecular complexity index is 1050. The highest BCUT2D eigenvalue weighted by Gasteiger charge is 2.57. The van der Waals surface area contributed by atoms with Gasteiger partial charge in [0.15, 0.2) is 0 Å². The Balaban J connectivity index is 1.33. The third-order valence-electron chi connectivity index (χ3n) is 8.87. The molecule has 33 heavy (non-hydrogen) atoms. The van der Waals surface area contributed by atoms with Crippen LogP contribution >= 0.6 is 0 Å². The highest BCUT2D eigenvalue weighted by Crippen LogP contribution is 2.53. The molecule has 2 aromatic heterocycles. The van der Waals surface area contributed by atoms with E-state index in [1.165, 1.54) is 47.5 Å². The van der Waals surface area contributed by atoms with E-state index in [4.69, 9.17) is 0 Å². The van der Waals surface area contributed by atoms with Crippen LogP contribution in [-0.2, 0) is 11.3 Å². The number of nitrogens with zero attached hydrogens (tertiary/aromatic N) is 4. The van der Waals surface area contributed by atoms with Crippen LogP contribution in [0.1, 0.15) is 77.6 Å². The van der Waals surface area contributed by atoms with Crippen LogP contribution in [0.25, 0.3) is 5.52 Å². The van der Waals surface area contributed by atoms with E-state index in [0.717, 1.165) is 32.1 Å². The normalized spacial score (nSPS) is 26.8. The number of carbonyl (C=O) groups excluding carboxylic acids is 1. The average Bonchev–Trinajstić information content (AvgIpc) is 3.49. The summed E-state index contributed by atoms with van der Waals surface area (Å²) in [6, 6.07) is 3.49. The van der Waals surface area contributed by atoms with E-state index in [9.17, 15) is 9.59 Å². The van der Waals surface area contributed by atoms with Gasteiger partial charge in [0.2, 0.25) is 5.91 Å². The second kappa shape index (κ2) is 8.88. The Kier molecular flexibility index (Phi) is 6.08. The quantitative estimate of drug-likeness (QED) is 0.661. The van der Waals surface area contributed by atoms with Crippen molar-refractivity contribution in [2.75, 3.05) is 13.1 Å². The van der Waals surface area contributed by atoms with Gasteiger partial charge in [-0.15, -0.1) is 0 Å². The highest BCUT2D eigenvalue weighted by atomic mass is 19.1. The van der Waals surface area contributed by atoms with Gasteiger partial charge in [-0.2, -0.15) is 5.10 Å². The lowest BCUT2D eigenvalue weighted by Gasteiger charge is -2.51. The minimum absolute atomic E-state index is 0.00209. The van der Waals surface area contributed by atoms with Crippen molar-refractivity contribution in [3.8, 4) is 0 Å². The fourth-order valence-corrected chi connectivity index (χ4v) is 6.93. The monoisotopic (exact) mass is 456 g/mol. The lowest BCUT2D eigenvalue weighted by atomic mass is 9.67. The number of rotatable bonds is 5. The van der Waals surface area contributed by atoms with Gasteiger partial charge >= 0.3 is 0 Å². The van der Waals surface area contributed by atoms with Gasteiger partial charge in [0.25, 0.3) is 5.56 Å². The molecule has 5 rings (SSSR count). The number of amides is 1. The molecule has 180 valence electrons. The van der Waals surface area contributed by atoms with Crippen molar-refractivity contribution in [3.05, 3.63) is 35.0 Å². The Morgan fingerprint density at radius 2 is 1.94 bits per heavy atom. The van der Waals surface area contributed by atoms with Crippen molar-refractivity contribution in [2.24, 2.45) is 17.3 Å². The summed E-state index contributed by atoms with van der Waals surface area (Å²) in [5.41, 5.74) is -1.83. The number of piperidine rings is 1. The van der Waals surface area contributed by atoms with E-state index in [1.807, 2.05) is 4.90 Å². The topological polar surface area (TPSA) is 59.6 Å². The lowest BCUT2D eigenvalue weighted by Crippen LogP contribution is -2.60. The fraction of sp³-hybridized carbons (Fsp3) is 0.731. The van der Waals surface area contributed by atoms with Gasteiger partial charge in [0.1, 0.15) is 17.5 Å². The van der Waals surface area contributed by atoms with Crippen molar-refractivity contribution < 1.29 is 9.18 Å². The van der Waals surface area contributed by atoms with Crippen LogP contribution in [0.4, 0.5) is 4.39 Å². The van der Waals surface area contributed by atoms with Crippen molar-refractivity contribution >= 4 is 11.4 Å². The highest BCUT2D eigenvalue weighted by molar-refractivity contribution is 5.78. The molecule has 0 bridgehead atoms. The summed E-state index contributed by atoms with van der Waals surface area (Å²) in [7, 11) is 0. The fourth-order valence-electron chi connectivity index (χ4n) is 6.93. The number of fused-ring (bicyclic) bond motifs is 1. The maximum absolute atomic E-state index is 16.8. The first-order valence-electron chi connectivity index (χ1n) is 12.9. The molecule has 1 amide bonds. The summed E-state index contributed by atoms with van der Waals surface area (Å²) in [5.74, 6) is 0.858. The first-order valence-corrected chi connectivity index (χ1v) is 12.9. The number of likely N-dealkylation sites (tertiary alicyclic amines) is 1. The molecule has 7 heteroatoms. The summed E-state index contributed by atoms with van der Waals surface area (Å²) in [4.78, 5) is 28.3. The molecule has 0 N–H and O–H groups in total. The zero-order chi connectivity index (χ0) is 23.1. The molecule has 0 aromatic carbocycles. The predicted molar refractivity (Wildman–Crippen MR) is 126 cm³/mol. The first kappa shape index (κ1) is 22.6. The summed E-state index contributed by atoms with van der Waals surface area (Å²) in [6.07, 6.45) is 14.3. The van der Waals surface area contributed by atoms with Gasteiger partial charge in [-0.05, 0) is 37.3 Å².